The summed E-state index contributed by atoms with van der Waals surface area (Å²) in [5, 5.41) is 2.74. The van der Waals surface area contributed by atoms with Gasteiger partial charge in [0.2, 0.25) is 0 Å². The molecule has 2 aromatic carbocycles. The minimum Gasteiger partial charge on any atom is -0.494 e. The highest BCUT2D eigenvalue weighted by Gasteiger charge is 2.23. The largest absolute Gasteiger partial charge is 0.494 e. The van der Waals surface area contributed by atoms with Gasteiger partial charge in [0.15, 0.2) is 0 Å². The molecule has 1 heterocycles. The molecule has 0 saturated carbocycles. The normalized spacial score (nSPS) is 16.7. The van der Waals surface area contributed by atoms with Crippen molar-refractivity contribution in [3.8, 4) is 5.75 Å². The molecule has 3 rings (SSSR count). The maximum Gasteiger partial charge on any atom is 0.261 e. The molecule has 0 unspecified atom stereocenters. The van der Waals surface area contributed by atoms with Crippen molar-refractivity contribution in [3.05, 3.63) is 48.5 Å². The van der Waals surface area contributed by atoms with E-state index in [-0.39, 0.29) is 10.8 Å². The first-order chi connectivity index (χ1) is 13.0. The molecule has 1 aliphatic rings. The van der Waals surface area contributed by atoms with E-state index in [9.17, 15) is 13.2 Å². The van der Waals surface area contributed by atoms with Crippen LogP contribution in [0, 0.1) is 0 Å². The summed E-state index contributed by atoms with van der Waals surface area (Å²) >= 11 is 0. The Labute approximate surface area is 158 Å². The van der Waals surface area contributed by atoms with Crippen LogP contribution in [-0.2, 0) is 19.6 Å². The molecule has 0 radical (unpaired) electrons. The molecule has 2 aromatic rings. The number of hydrogen-bond acceptors (Lipinski definition) is 5. The van der Waals surface area contributed by atoms with Crippen molar-refractivity contribution in [1.82, 2.24) is 0 Å². The Bertz CT molecular complexity index is 873. The third-order valence-electron chi connectivity index (χ3n) is 4.07. The van der Waals surface area contributed by atoms with Crippen LogP contribution in [0.5, 0.6) is 5.75 Å². The second kappa shape index (κ2) is 8.41. The van der Waals surface area contributed by atoms with Gasteiger partial charge in [0.1, 0.15) is 11.9 Å². The maximum atomic E-state index is 12.5. The van der Waals surface area contributed by atoms with Gasteiger partial charge in [-0.3, -0.25) is 9.52 Å². The Morgan fingerprint density at radius 1 is 1.11 bits per heavy atom. The summed E-state index contributed by atoms with van der Waals surface area (Å²) in [6, 6.07) is 12.7. The van der Waals surface area contributed by atoms with Gasteiger partial charge in [-0.05, 0) is 68.3 Å². The van der Waals surface area contributed by atoms with E-state index in [1.54, 1.807) is 36.4 Å². The van der Waals surface area contributed by atoms with Crippen molar-refractivity contribution >= 4 is 27.3 Å². The number of anilines is 2. The van der Waals surface area contributed by atoms with E-state index < -0.39 is 16.1 Å². The average molecular weight is 390 g/mol. The van der Waals surface area contributed by atoms with Crippen LogP contribution in [-0.4, -0.2) is 33.6 Å². The summed E-state index contributed by atoms with van der Waals surface area (Å²) in [5.74, 6) is 0.461. The van der Waals surface area contributed by atoms with Gasteiger partial charge in [0.05, 0.1) is 11.5 Å². The van der Waals surface area contributed by atoms with E-state index in [0.29, 0.717) is 36.8 Å². The fourth-order valence-corrected chi connectivity index (χ4v) is 3.78. The molecule has 0 spiro atoms. The fraction of sp³-hybridized carbons (Fsp3) is 0.316. The second-order valence-electron chi connectivity index (χ2n) is 6.08. The molecule has 0 aliphatic carbocycles. The molecule has 0 aromatic heterocycles. The zero-order valence-corrected chi connectivity index (χ0v) is 15.8. The first kappa shape index (κ1) is 19.2. The van der Waals surface area contributed by atoms with Crippen molar-refractivity contribution in [2.24, 2.45) is 0 Å². The van der Waals surface area contributed by atoms with E-state index in [2.05, 4.69) is 10.0 Å². The maximum absolute atomic E-state index is 12.5. The third kappa shape index (κ3) is 4.99. The summed E-state index contributed by atoms with van der Waals surface area (Å²) in [6.45, 7) is 3.01. The number of benzene rings is 2. The van der Waals surface area contributed by atoms with Crippen LogP contribution in [0.4, 0.5) is 11.4 Å². The predicted octanol–water partition coefficient (Wildman–Crippen LogP) is 3.00. The zero-order chi connectivity index (χ0) is 19.3. The molecule has 1 saturated heterocycles. The molecule has 0 bridgehead atoms. The number of nitrogens with one attached hydrogen (secondary N) is 2. The Kier molecular flexibility index (Phi) is 5.98. The van der Waals surface area contributed by atoms with Crippen molar-refractivity contribution < 1.29 is 22.7 Å². The molecule has 1 fully saturated rings. The molecule has 1 amide bonds. The number of hydrogen-bond donors (Lipinski definition) is 2. The van der Waals surface area contributed by atoms with Crippen LogP contribution < -0.4 is 14.8 Å². The quantitative estimate of drug-likeness (QED) is 0.758. The SMILES string of the molecule is CCOc1ccc(NS(=O)(=O)c2ccc(NC(=O)[C@H]3CCCO3)cc2)cc1. The van der Waals surface area contributed by atoms with Gasteiger partial charge in [-0.2, -0.15) is 0 Å². The van der Waals surface area contributed by atoms with Crippen molar-refractivity contribution in [2.75, 3.05) is 23.3 Å². The first-order valence-electron chi connectivity index (χ1n) is 8.76. The number of carbonyl (C=O) groups excluding carboxylic acids is 1. The number of carbonyl (C=O) groups is 1. The molecule has 1 aliphatic heterocycles. The molecule has 2 N–H and O–H groups in total. The van der Waals surface area contributed by atoms with Gasteiger partial charge in [-0.15, -0.1) is 0 Å². The summed E-state index contributed by atoms with van der Waals surface area (Å²) in [5.41, 5.74) is 0.963. The Morgan fingerprint density at radius 2 is 1.78 bits per heavy atom. The van der Waals surface area contributed by atoms with E-state index >= 15 is 0 Å². The highest BCUT2D eigenvalue weighted by Crippen LogP contribution is 2.21. The number of rotatable bonds is 7. The number of amides is 1. The van der Waals surface area contributed by atoms with E-state index in [0.717, 1.165) is 6.42 Å². The van der Waals surface area contributed by atoms with Crippen LogP contribution in [0.15, 0.2) is 53.4 Å². The molecule has 27 heavy (non-hydrogen) atoms. The standard InChI is InChI=1S/C19H22N2O5S/c1-2-25-16-9-5-15(6-10-16)21-27(23,24)17-11-7-14(8-12-17)20-19(22)18-4-3-13-26-18/h5-12,18,21H,2-4,13H2,1H3,(H,20,22)/t18-/m1/s1. The fourth-order valence-electron chi connectivity index (χ4n) is 2.72. The smallest absolute Gasteiger partial charge is 0.261 e. The molecule has 7 nitrogen and oxygen atoms in total. The number of sulfonamides is 1. The van der Waals surface area contributed by atoms with Gasteiger partial charge >= 0.3 is 0 Å². The number of ether oxygens (including phenoxy) is 2. The highest BCUT2D eigenvalue weighted by atomic mass is 32.2. The van der Waals surface area contributed by atoms with Crippen molar-refractivity contribution in [1.29, 1.82) is 0 Å². The topological polar surface area (TPSA) is 93.7 Å². The molecular formula is C19H22N2O5S. The molecule has 8 heteroatoms. The molecular weight excluding hydrogens is 368 g/mol. The lowest BCUT2D eigenvalue weighted by molar-refractivity contribution is -0.124. The van der Waals surface area contributed by atoms with Crippen LogP contribution in [0.2, 0.25) is 0 Å². The van der Waals surface area contributed by atoms with Gasteiger partial charge < -0.3 is 14.8 Å². The highest BCUT2D eigenvalue weighted by molar-refractivity contribution is 7.92. The van der Waals surface area contributed by atoms with Crippen LogP contribution >= 0.6 is 0 Å². The lowest BCUT2D eigenvalue weighted by Gasteiger charge is -2.12. The summed E-state index contributed by atoms with van der Waals surface area (Å²) in [6.07, 6.45) is 1.13. The first-order valence-corrected chi connectivity index (χ1v) is 10.2. The zero-order valence-electron chi connectivity index (χ0n) is 15.0. The lowest BCUT2D eigenvalue weighted by Crippen LogP contribution is -2.26. The monoisotopic (exact) mass is 390 g/mol. The Morgan fingerprint density at radius 3 is 2.37 bits per heavy atom. The Hall–Kier alpha value is -2.58. The van der Waals surface area contributed by atoms with E-state index in [1.807, 2.05) is 6.92 Å². The van der Waals surface area contributed by atoms with Crippen LogP contribution in [0.3, 0.4) is 0 Å². The summed E-state index contributed by atoms with van der Waals surface area (Å²) in [4.78, 5) is 12.1. The molecule has 144 valence electrons. The Balaban J connectivity index is 1.64. The third-order valence-corrected chi connectivity index (χ3v) is 5.47. The predicted molar refractivity (Wildman–Crippen MR) is 102 cm³/mol. The lowest BCUT2D eigenvalue weighted by atomic mass is 10.2. The minimum absolute atomic E-state index is 0.103. The second-order valence-corrected chi connectivity index (χ2v) is 7.76. The van der Waals surface area contributed by atoms with Crippen LogP contribution in [0.25, 0.3) is 0 Å². The van der Waals surface area contributed by atoms with E-state index in [4.69, 9.17) is 9.47 Å². The average Bonchev–Trinajstić information content (AvgIpc) is 3.19. The minimum atomic E-state index is -3.73. The van der Waals surface area contributed by atoms with Gasteiger partial charge in [0.25, 0.3) is 15.9 Å². The van der Waals surface area contributed by atoms with Crippen molar-refractivity contribution in [2.45, 2.75) is 30.8 Å². The molecule has 1 atom stereocenters. The van der Waals surface area contributed by atoms with Gasteiger partial charge in [0, 0.05) is 18.0 Å². The van der Waals surface area contributed by atoms with Crippen LogP contribution in [0.1, 0.15) is 19.8 Å². The van der Waals surface area contributed by atoms with Gasteiger partial charge in [-0.1, -0.05) is 0 Å². The van der Waals surface area contributed by atoms with E-state index in [1.165, 1.54) is 12.1 Å². The van der Waals surface area contributed by atoms with Gasteiger partial charge in [-0.25, -0.2) is 8.42 Å². The van der Waals surface area contributed by atoms with Crippen molar-refractivity contribution in [3.63, 3.8) is 0 Å². The summed E-state index contributed by atoms with van der Waals surface area (Å²) in [7, 11) is -3.73. The summed E-state index contributed by atoms with van der Waals surface area (Å²) < 4.78 is 38.2.